The molecule has 0 saturated carbocycles. The van der Waals surface area contributed by atoms with Crippen molar-refractivity contribution in [3.8, 4) is 10.4 Å². The number of halogens is 3. The largest absolute Gasteiger partial charge is 0.232 e. The van der Waals surface area contributed by atoms with Crippen molar-refractivity contribution in [2.75, 3.05) is 0 Å². The number of fused-ring (bicyclic) bond motifs is 1. The summed E-state index contributed by atoms with van der Waals surface area (Å²) >= 11 is 7.27. The van der Waals surface area contributed by atoms with Crippen LogP contribution in [0.3, 0.4) is 0 Å². The Hall–Kier alpha value is -1.59. The topological polar surface area (TPSA) is 25.8 Å². The van der Waals surface area contributed by atoms with E-state index >= 15 is 0 Å². The highest BCUT2D eigenvalue weighted by atomic mass is 35.5. The predicted molar refractivity (Wildman–Crippen MR) is 72.5 cm³/mol. The van der Waals surface area contributed by atoms with Crippen LogP contribution in [0.1, 0.15) is 5.82 Å². The van der Waals surface area contributed by atoms with E-state index in [1.54, 1.807) is 13.0 Å². The molecule has 0 spiro atoms. The van der Waals surface area contributed by atoms with E-state index in [1.165, 1.54) is 11.3 Å². The van der Waals surface area contributed by atoms with Crippen molar-refractivity contribution in [2.45, 2.75) is 6.92 Å². The van der Waals surface area contributed by atoms with Crippen LogP contribution in [-0.4, -0.2) is 9.97 Å². The Labute approximate surface area is 116 Å². The Balaban J connectivity index is 2.26. The summed E-state index contributed by atoms with van der Waals surface area (Å²) in [5, 5.41) is 0.329. The second-order valence-electron chi connectivity index (χ2n) is 4.01. The zero-order valence-electron chi connectivity index (χ0n) is 9.75. The third-order valence-corrected chi connectivity index (χ3v) is 4.19. The Morgan fingerprint density at radius 1 is 1.16 bits per heavy atom. The third-order valence-electron chi connectivity index (χ3n) is 2.64. The summed E-state index contributed by atoms with van der Waals surface area (Å²) in [5.41, 5.74) is 0.845. The van der Waals surface area contributed by atoms with E-state index in [9.17, 15) is 8.78 Å². The highest BCUT2D eigenvalue weighted by Crippen LogP contribution is 2.36. The lowest BCUT2D eigenvalue weighted by Gasteiger charge is -1.99. The molecule has 0 unspecified atom stereocenters. The fourth-order valence-corrected chi connectivity index (χ4v) is 3.15. The molecular formula is C13H7ClF2N2S. The molecule has 0 N–H and O–H groups in total. The van der Waals surface area contributed by atoms with Gasteiger partial charge in [-0.25, -0.2) is 18.7 Å². The van der Waals surface area contributed by atoms with Crippen LogP contribution in [0.4, 0.5) is 8.78 Å². The van der Waals surface area contributed by atoms with Gasteiger partial charge in [-0.3, -0.25) is 0 Å². The molecule has 0 bridgehead atoms. The van der Waals surface area contributed by atoms with E-state index in [-0.39, 0.29) is 5.56 Å². The van der Waals surface area contributed by atoms with E-state index < -0.39 is 11.6 Å². The molecule has 2 nitrogen and oxygen atoms in total. The van der Waals surface area contributed by atoms with E-state index in [2.05, 4.69) is 9.97 Å². The summed E-state index contributed by atoms with van der Waals surface area (Å²) in [6.07, 6.45) is 0. The van der Waals surface area contributed by atoms with Gasteiger partial charge in [0.2, 0.25) is 0 Å². The van der Waals surface area contributed by atoms with Crippen LogP contribution < -0.4 is 0 Å². The second-order valence-corrected chi connectivity index (χ2v) is 5.42. The predicted octanol–water partition coefficient (Wildman–Crippen LogP) is 4.60. The van der Waals surface area contributed by atoms with Gasteiger partial charge in [0.15, 0.2) is 5.15 Å². The van der Waals surface area contributed by atoms with Crippen LogP contribution in [0.2, 0.25) is 5.15 Å². The Morgan fingerprint density at radius 3 is 2.74 bits per heavy atom. The quantitative estimate of drug-likeness (QED) is 0.613. The van der Waals surface area contributed by atoms with Gasteiger partial charge in [-0.2, -0.15) is 0 Å². The van der Waals surface area contributed by atoms with Gasteiger partial charge in [-0.15, -0.1) is 11.3 Å². The molecule has 96 valence electrons. The van der Waals surface area contributed by atoms with Crippen LogP contribution in [0.15, 0.2) is 24.3 Å². The van der Waals surface area contributed by atoms with Gasteiger partial charge in [0.05, 0.1) is 10.2 Å². The molecule has 1 aromatic carbocycles. The molecule has 0 saturated heterocycles. The van der Waals surface area contributed by atoms with Crippen molar-refractivity contribution >= 4 is 33.2 Å². The summed E-state index contributed by atoms with van der Waals surface area (Å²) < 4.78 is 27.6. The number of hydrogen-bond acceptors (Lipinski definition) is 3. The molecule has 0 aliphatic carbocycles. The molecule has 0 fully saturated rings. The summed E-state index contributed by atoms with van der Waals surface area (Å²) in [6, 6.07) is 5.04. The summed E-state index contributed by atoms with van der Waals surface area (Å²) in [6.45, 7) is 1.73. The monoisotopic (exact) mass is 296 g/mol. The molecule has 19 heavy (non-hydrogen) atoms. The first-order valence-corrected chi connectivity index (χ1v) is 6.63. The van der Waals surface area contributed by atoms with E-state index in [0.29, 0.717) is 26.1 Å². The van der Waals surface area contributed by atoms with Gasteiger partial charge in [0, 0.05) is 10.4 Å². The van der Waals surface area contributed by atoms with Crippen molar-refractivity contribution in [2.24, 2.45) is 0 Å². The van der Waals surface area contributed by atoms with E-state index in [4.69, 9.17) is 11.6 Å². The number of aromatic nitrogens is 2. The highest BCUT2D eigenvalue weighted by molar-refractivity contribution is 7.22. The lowest BCUT2D eigenvalue weighted by atomic mass is 10.1. The average Bonchev–Trinajstić information content (AvgIpc) is 2.76. The SMILES string of the molecule is Cc1nc(Cl)c2sc(-c3cc(F)ccc3F)cc2n1. The van der Waals surface area contributed by atoms with Gasteiger partial charge >= 0.3 is 0 Å². The lowest BCUT2D eigenvalue weighted by Crippen LogP contribution is -1.86. The van der Waals surface area contributed by atoms with Crippen LogP contribution in [0.5, 0.6) is 0 Å². The molecule has 0 aliphatic heterocycles. The van der Waals surface area contributed by atoms with Crippen LogP contribution >= 0.6 is 22.9 Å². The summed E-state index contributed by atoms with van der Waals surface area (Å²) in [5.74, 6) is -0.419. The maximum absolute atomic E-state index is 13.7. The molecule has 2 aromatic heterocycles. The average molecular weight is 297 g/mol. The normalized spacial score (nSPS) is 11.2. The first-order valence-electron chi connectivity index (χ1n) is 5.44. The van der Waals surface area contributed by atoms with E-state index in [1.807, 2.05) is 0 Å². The maximum atomic E-state index is 13.7. The van der Waals surface area contributed by atoms with Crippen LogP contribution in [0, 0.1) is 18.6 Å². The molecule has 2 heterocycles. The van der Waals surface area contributed by atoms with E-state index in [0.717, 1.165) is 18.2 Å². The maximum Gasteiger partial charge on any atom is 0.150 e. The highest BCUT2D eigenvalue weighted by Gasteiger charge is 2.13. The first-order chi connectivity index (χ1) is 9.04. The molecule has 3 aromatic rings. The third kappa shape index (κ3) is 2.19. The minimum absolute atomic E-state index is 0.205. The van der Waals surface area contributed by atoms with Gasteiger partial charge in [0.1, 0.15) is 17.5 Å². The Kier molecular flexibility index (Phi) is 2.95. The minimum atomic E-state index is -0.484. The van der Waals surface area contributed by atoms with Crippen molar-refractivity contribution < 1.29 is 8.78 Å². The molecule has 0 atom stereocenters. The first kappa shape index (κ1) is 12.4. The Morgan fingerprint density at radius 2 is 1.95 bits per heavy atom. The molecule has 0 amide bonds. The number of thiophene rings is 1. The van der Waals surface area contributed by atoms with Crippen molar-refractivity contribution in [3.63, 3.8) is 0 Å². The van der Waals surface area contributed by atoms with Crippen LogP contribution in [0.25, 0.3) is 20.7 Å². The summed E-state index contributed by atoms with van der Waals surface area (Å²) in [4.78, 5) is 8.86. The zero-order chi connectivity index (χ0) is 13.6. The number of rotatable bonds is 1. The molecule has 3 rings (SSSR count). The lowest BCUT2D eigenvalue weighted by molar-refractivity contribution is 0.603. The van der Waals surface area contributed by atoms with Gasteiger partial charge < -0.3 is 0 Å². The standard InChI is InChI=1S/C13H7ClF2N2S/c1-6-17-10-5-11(19-12(10)13(14)18-6)8-4-7(15)2-3-9(8)16/h2-5H,1H3. The summed E-state index contributed by atoms with van der Waals surface area (Å²) in [7, 11) is 0. The minimum Gasteiger partial charge on any atom is -0.232 e. The van der Waals surface area contributed by atoms with Crippen molar-refractivity contribution in [1.29, 1.82) is 0 Å². The second kappa shape index (κ2) is 4.51. The molecular weight excluding hydrogens is 290 g/mol. The van der Waals surface area contributed by atoms with Gasteiger partial charge in [0.25, 0.3) is 0 Å². The van der Waals surface area contributed by atoms with Crippen LogP contribution in [-0.2, 0) is 0 Å². The Bertz CT molecular complexity index is 786. The number of hydrogen-bond donors (Lipinski definition) is 0. The van der Waals surface area contributed by atoms with Crippen molar-refractivity contribution in [3.05, 3.63) is 46.9 Å². The number of nitrogens with zero attached hydrogens (tertiary/aromatic N) is 2. The fraction of sp³-hybridized carbons (Fsp3) is 0.0769. The molecule has 0 radical (unpaired) electrons. The molecule has 6 heteroatoms. The van der Waals surface area contributed by atoms with Gasteiger partial charge in [-0.05, 0) is 31.2 Å². The smallest absolute Gasteiger partial charge is 0.150 e. The van der Waals surface area contributed by atoms with Gasteiger partial charge in [-0.1, -0.05) is 11.6 Å². The number of aryl methyl sites for hydroxylation is 1. The fourth-order valence-electron chi connectivity index (χ4n) is 1.82. The molecule has 0 aliphatic rings. The zero-order valence-corrected chi connectivity index (χ0v) is 11.3. The van der Waals surface area contributed by atoms with Crippen molar-refractivity contribution in [1.82, 2.24) is 9.97 Å². The number of benzene rings is 1.